The first-order valence-corrected chi connectivity index (χ1v) is 8.76. The molecule has 1 N–H and O–H groups in total. The number of hydrogen-bond acceptors (Lipinski definition) is 5. The molecular formula is C20H16N4S. The molecule has 0 saturated carbocycles. The quantitative estimate of drug-likeness (QED) is 0.413. The number of hydrogen-bond donors (Lipinski definition) is 1. The molecule has 0 fully saturated rings. The van der Waals surface area contributed by atoms with Crippen LogP contribution in [0.1, 0.15) is 11.1 Å². The smallest absolute Gasteiger partial charge is 0.124 e. The number of aryl methyl sites for hydroxylation is 1. The molecule has 25 heavy (non-hydrogen) atoms. The third-order valence-corrected chi connectivity index (χ3v) is 4.86. The summed E-state index contributed by atoms with van der Waals surface area (Å²) in [7, 11) is 0. The van der Waals surface area contributed by atoms with Crippen molar-refractivity contribution in [3.05, 3.63) is 78.1 Å². The van der Waals surface area contributed by atoms with E-state index in [9.17, 15) is 0 Å². The van der Waals surface area contributed by atoms with Crippen LogP contribution in [0.3, 0.4) is 0 Å². The summed E-state index contributed by atoms with van der Waals surface area (Å²) in [6.45, 7) is 2.10. The van der Waals surface area contributed by atoms with E-state index >= 15 is 0 Å². The van der Waals surface area contributed by atoms with E-state index in [4.69, 9.17) is 4.98 Å². The van der Waals surface area contributed by atoms with Crippen LogP contribution in [0.2, 0.25) is 0 Å². The van der Waals surface area contributed by atoms with Crippen molar-refractivity contribution in [3.8, 4) is 10.6 Å². The predicted octanol–water partition coefficient (Wildman–Crippen LogP) is 5.11. The minimum absolute atomic E-state index is 0.936. The zero-order valence-electron chi connectivity index (χ0n) is 13.7. The Bertz CT molecular complexity index is 1020. The average molecular weight is 344 g/mol. The highest BCUT2D eigenvalue weighted by molar-refractivity contribution is 7.21. The third kappa shape index (κ3) is 3.56. The second-order valence-electron chi connectivity index (χ2n) is 5.72. The molecule has 0 saturated heterocycles. The highest BCUT2D eigenvalue weighted by Gasteiger charge is 2.06. The standard InChI is InChI=1S/C20H16N4S/c1-14-2-7-18-19(12-14)25-20(23-18)16-3-5-17(6-4-16)24-22-13-15-8-10-21-11-9-15/h2-13,24H,1H3. The number of rotatable bonds is 4. The van der Waals surface area contributed by atoms with E-state index < -0.39 is 0 Å². The van der Waals surface area contributed by atoms with Crippen LogP contribution in [0.5, 0.6) is 0 Å². The Balaban J connectivity index is 1.50. The van der Waals surface area contributed by atoms with E-state index in [0.29, 0.717) is 0 Å². The SMILES string of the molecule is Cc1ccc2nc(-c3ccc(NN=Cc4ccncc4)cc3)sc2c1. The maximum atomic E-state index is 4.72. The molecule has 0 amide bonds. The molecule has 0 atom stereocenters. The van der Waals surface area contributed by atoms with Crippen LogP contribution in [-0.2, 0) is 0 Å². The lowest BCUT2D eigenvalue weighted by atomic mass is 10.2. The van der Waals surface area contributed by atoms with Gasteiger partial charge in [0.1, 0.15) is 5.01 Å². The summed E-state index contributed by atoms with van der Waals surface area (Å²) in [5, 5.41) is 5.28. The maximum absolute atomic E-state index is 4.72. The molecule has 0 unspecified atom stereocenters. The van der Waals surface area contributed by atoms with Crippen molar-refractivity contribution in [1.29, 1.82) is 0 Å². The molecule has 0 bridgehead atoms. The molecule has 4 aromatic rings. The molecule has 5 heteroatoms. The van der Waals surface area contributed by atoms with Crippen LogP contribution in [-0.4, -0.2) is 16.2 Å². The van der Waals surface area contributed by atoms with E-state index in [2.05, 4.69) is 52.8 Å². The first kappa shape index (κ1) is 15.5. The van der Waals surface area contributed by atoms with E-state index in [0.717, 1.165) is 27.3 Å². The molecule has 2 heterocycles. The number of hydrazone groups is 1. The van der Waals surface area contributed by atoms with Crippen LogP contribution in [0, 0.1) is 6.92 Å². The van der Waals surface area contributed by atoms with E-state index in [1.807, 2.05) is 24.3 Å². The number of nitrogens with zero attached hydrogens (tertiary/aromatic N) is 3. The molecule has 0 spiro atoms. The number of aromatic nitrogens is 2. The fraction of sp³-hybridized carbons (Fsp3) is 0.0500. The molecule has 0 aliphatic carbocycles. The zero-order chi connectivity index (χ0) is 17.1. The Morgan fingerprint density at radius 3 is 2.60 bits per heavy atom. The largest absolute Gasteiger partial charge is 0.279 e. The first-order valence-electron chi connectivity index (χ1n) is 7.95. The lowest BCUT2D eigenvalue weighted by molar-refractivity contribution is 1.31. The summed E-state index contributed by atoms with van der Waals surface area (Å²) in [4.78, 5) is 8.70. The van der Waals surface area contributed by atoms with Gasteiger partial charge in [-0.2, -0.15) is 5.10 Å². The summed E-state index contributed by atoms with van der Waals surface area (Å²) < 4.78 is 1.22. The Morgan fingerprint density at radius 1 is 1.00 bits per heavy atom. The summed E-state index contributed by atoms with van der Waals surface area (Å²) in [6, 6.07) is 18.3. The van der Waals surface area contributed by atoms with Crippen LogP contribution in [0.25, 0.3) is 20.8 Å². The number of anilines is 1. The topological polar surface area (TPSA) is 50.2 Å². The van der Waals surface area contributed by atoms with Gasteiger partial charge in [-0.15, -0.1) is 11.3 Å². The number of thiazole rings is 1. The van der Waals surface area contributed by atoms with Gasteiger partial charge in [0.05, 0.1) is 22.1 Å². The first-order chi connectivity index (χ1) is 12.3. The van der Waals surface area contributed by atoms with Crippen LogP contribution in [0.4, 0.5) is 5.69 Å². The van der Waals surface area contributed by atoms with E-state index in [1.165, 1.54) is 10.3 Å². The Hall–Kier alpha value is -3.05. The summed E-state index contributed by atoms with van der Waals surface area (Å²) in [5.41, 5.74) is 8.40. The van der Waals surface area contributed by atoms with Gasteiger partial charge in [0, 0.05) is 18.0 Å². The van der Waals surface area contributed by atoms with E-state index in [1.54, 1.807) is 29.9 Å². The number of benzene rings is 2. The molecule has 4 rings (SSSR count). The monoisotopic (exact) mass is 344 g/mol. The second kappa shape index (κ2) is 6.83. The fourth-order valence-electron chi connectivity index (χ4n) is 2.47. The maximum Gasteiger partial charge on any atom is 0.124 e. The van der Waals surface area contributed by atoms with Gasteiger partial charge in [0.2, 0.25) is 0 Å². The van der Waals surface area contributed by atoms with Gasteiger partial charge in [-0.1, -0.05) is 6.07 Å². The number of nitrogens with one attached hydrogen (secondary N) is 1. The lowest BCUT2D eigenvalue weighted by Gasteiger charge is -2.01. The second-order valence-corrected chi connectivity index (χ2v) is 6.75. The summed E-state index contributed by atoms with van der Waals surface area (Å²) >= 11 is 1.72. The van der Waals surface area contributed by atoms with Crippen molar-refractivity contribution in [1.82, 2.24) is 9.97 Å². The zero-order valence-corrected chi connectivity index (χ0v) is 14.5. The predicted molar refractivity (Wildman–Crippen MR) is 105 cm³/mol. The molecule has 2 aromatic heterocycles. The minimum Gasteiger partial charge on any atom is -0.279 e. The molecule has 0 radical (unpaired) electrons. The highest BCUT2D eigenvalue weighted by Crippen LogP contribution is 2.31. The number of pyridine rings is 1. The van der Waals surface area contributed by atoms with Crippen LogP contribution >= 0.6 is 11.3 Å². The molecule has 0 aliphatic heterocycles. The highest BCUT2D eigenvalue weighted by atomic mass is 32.1. The molecule has 2 aromatic carbocycles. The average Bonchev–Trinajstić information content (AvgIpc) is 3.06. The molecule has 122 valence electrons. The van der Waals surface area contributed by atoms with Gasteiger partial charge >= 0.3 is 0 Å². The number of fused-ring (bicyclic) bond motifs is 1. The van der Waals surface area contributed by atoms with Crippen molar-refractivity contribution < 1.29 is 0 Å². The Kier molecular flexibility index (Phi) is 4.23. The van der Waals surface area contributed by atoms with Gasteiger partial charge in [-0.3, -0.25) is 10.4 Å². The van der Waals surface area contributed by atoms with Gasteiger partial charge in [0.25, 0.3) is 0 Å². The van der Waals surface area contributed by atoms with Crippen LogP contribution in [0.15, 0.2) is 72.1 Å². The van der Waals surface area contributed by atoms with Gasteiger partial charge in [-0.05, 0) is 66.6 Å². The normalized spacial score (nSPS) is 11.2. The van der Waals surface area contributed by atoms with Gasteiger partial charge in [0.15, 0.2) is 0 Å². The van der Waals surface area contributed by atoms with Crippen LogP contribution < -0.4 is 5.43 Å². The Labute approximate surface area is 149 Å². The lowest BCUT2D eigenvalue weighted by Crippen LogP contribution is -1.90. The minimum atomic E-state index is 0.936. The summed E-state index contributed by atoms with van der Waals surface area (Å²) in [5.74, 6) is 0. The fourth-order valence-corrected chi connectivity index (χ4v) is 3.54. The van der Waals surface area contributed by atoms with Crippen molar-refractivity contribution in [2.75, 3.05) is 5.43 Å². The van der Waals surface area contributed by atoms with Crippen molar-refractivity contribution >= 4 is 33.5 Å². The van der Waals surface area contributed by atoms with Gasteiger partial charge < -0.3 is 0 Å². The third-order valence-electron chi connectivity index (χ3n) is 3.79. The van der Waals surface area contributed by atoms with Gasteiger partial charge in [-0.25, -0.2) is 4.98 Å². The van der Waals surface area contributed by atoms with Crippen molar-refractivity contribution in [3.63, 3.8) is 0 Å². The Morgan fingerprint density at radius 2 is 1.80 bits per heavy atom. The molecule has 4 nitrogen and oxygen atoms in total. The summed E-state index contributed by atoms with van der Waals surface area (Å²) in [6.07, 6.45) is 5.26. The molecular weight excluding hydrogens is 328 g/mol. The molecule has 0 aliphatic rings. The van der Waals surface area contributed by atoms with E-state index in [-0.39, 0.29) is 0 Å². The van der Waals surface area contributed by atoms with Crippen molar-refractivity contribution in [2.24, 2.45) is 5.10 Å². The van der Waals surface area contributed by atoms with Crippen molar-refractivity contribution in [2.45, 2.75) is 6.92 Å².